The van der Waals surface area contributed by atoms with Crippen molar-refractivity contribution in [2.75, 3.05) is 17.7 Å². The van der Waals surface area contributed by atoms with E-state index in [-0.39, 0.29) is 16.7 Å². The third-order valence-electron chi connectivity index (χ3n) is 3.41. The molecule has 1 aromatic heterocycles. The van der Waals surface area contributed by atoms with E-state index < -0.39 is 11.7 Å². The molecule has 132 valence electrons. The minimum atomic E-state index is -0.558. The molecule has 2 N–H and O–H groups in total. The van der Waals surface area contributed by atoms with Crippen molar-refractivity contribution in [3.8, 4) is 5.75 Å². The SMILES string of the molecule is COc1ccc(Nc2nccc(C(=O)Nc3ccc(F)c(Cl)c3)n2)cc1. The van der Waals surface area contributed by atoms with E-state index in [9.17, 15) is 9.18 Å². The number of methoxy groups -OCH3 is 1. The van der Waals surface area contributed by atoms with Gasteiger partial charge in [-0.05, 0) is 48.5 Å². The van der Waals surface area contributed by atoms with Gasteiger partial charge >= 0.3 is 0 Å². The summed E-state index contributed by atoms with van der Waals surface area (Å²) in [5.41, 5.74) is 1.26. The molecule has 1 amide bonds. The van der Waals surface area contributed by atoms with E-state index in [4.69, 9.17) is 16.3 Å². The molecule has 6 nitrogen and oxygen atoms in total. The van der Waals surface area contributed by atoms with Gasteiger partial charge in [-0.1, -0.05) is 11.6 Å². The van der Waals surface area contributed by atoms with Crippen LogP contribution in [0.5, 0.6) is 5.75 Å². The highest BCUT2D eigenvalue weighted by Crippen LogP contribution is 2.20. The number of rotatable bonds is 5. The van der Waals surface area contributed by atoms with E-state index in [2.05, 4.69) is 20.6 Å². The molecular weight excluding hydrogens is 359 g/mol. The van der Waals surface area contributed by atoms with Crippen LogP contribution in [0.2, 0.25) is 5.02 Å². The number of hydrogen-bond donors (Lipinski definition) is 2. The summed E-state index contributed by atoms with van der Waals surface area (Å²) in [6, 6.07) is 12.6. The smallest absolute Gasteiger partial charge is 0.274 e. The normalized spacial score (nSPS) is 10.3. The van der Waals surface area contributed by atoms with Gasteiger partial charge in [0, 0.05) is 17.6 Å². The molecule has 0 radical (unpaired) electrons. The topological polar surface area (TPSA) is 76.1 Å². The van der Waals surface area contributed by atoms with Gasteiger partial charge in [0.25, 0.3) is 5.91 Å². The van der Waals surface area contributed by atoms with E-state index in [0.29, 0.717) is 5.69 Å². The second-order valence-corrected chi connectivity index (χ2v) is 5.61. The van der Waals surface area contributed by atoms with Gasteiger partial charge in [-0.2, -0.15) is 0 Å². The van der Waals surface area contributed by atoms with E-state index in [1.807, 2.05) is 0 Å². The first-order chi connectivity index (χ1) is 12.5. The Kier molecular flexibility index (Phi) is 5.28. The Morgan fingerprint density at radius 1 is 1.12 bits per heavy atom. The fourth-order valence-electron chi connectivity index (χ4n) is 2.12. The summed E-state index contributed by atoms with van der Waals surface area (Å²) in [7, 11) is 1.59. The van der Waals surface area contributed by atoms with Crippen molar-refractivity contribution >= 4 is 34.8 Å². The number of aromatic nitrogens is 2. The summed E-state index contributed by atoms with van der Waals surface area (Å²) in [6.07, 6.45) is 1.46. The molecule has 0 aliphatic rings. The number of nitrogens with zero attached hydrogens (tertiary/aromatic N) is 2. The zero-order valence-electron chi connectivity index (χ0n) is 13.7. The van der Waals surface area contributed by atoms with Crippen molar-refractivity contribution in [2.24, 2.45) is 0 Å². The number of carbonyl (C=O) groups excluding carboxylic acids is 1. The molecule has 0 saturated heterocycles. The van der Waals surface area contributed by atoms with Crippen molar-refractivity contribution < 1.29 is 13.9 Å². The molecule has 0 aliphatic carbocycles. The number of carbonyl (C=O) groups is 1. The van der Waals surface area contributed by atoms with Crippen LogP contribution in [0.3, 0.4) is 0 Å². The number of anilines is 3. The van der Waals surface area contributed by atoms with Crippen molar-refractivity contribution in [3.05, 3.63) is 71.3 Å². The minimum Gasteiger partial charge on any atom is -0.497 e. The number of amides is 1. The number of ether oxygens (including phenoxy) is 1. The largest absolute Gasteiger partial charge is 0.497 e. The quantitative estimate of drug-likeness (QED) is 0.699. The molecule has 0 fully saturated rings. The molecule has 3 aromatic rings. The van der Waals surface area contributed by atoms with Crippen LogP contribution < -0.4 is 15.4 Å². The summed E-state index contributed by atoms with van der Waals surface area (Å²) in [4.78, 5) is 20.6. The molecule has 1 heterocycles. The van der Waals surface area contributed by atoms with E-state index in [1.54, 1.807) is 31.4 Å². The zero-order valence-corrected chi connectivity index (χ0v) is 14.4. The molecule has 3 rings (SSSR count). The average molecular weight is 373 g/mol. The van der Waals surface area contributed by atoms with Gasteiger partial charge in [0.15, 0.2) is 0 Å². The molecule has 26 heavy (non-hydrogen) atoms. The van der Waals surface area contributed by atoms with Crippen LogP contribution in [0.1, 0.15) is 10.5 Å². The zero-order chi connectivity index (χ0) is 18.5. The first-order valence-corrected chi connectivity index (χ1v) is 7.93. The predicted octanol–water partition coefficient (Wildman–Crippen LogP) is 4.27. The van der Waals surface area contributed by atoms with Crippen molar-refractivity contribution in [2.45, 2.75) is 0 Å². The Bertz CT molecular complexity index is 935. The molecule has 0 saturated carbocycles. The Hall–Kier alpha value is -3.19. The van der Waals surface area contributed by atoms with Crippen LogP contribution in [-0.4, -0.2) is 23.0 Å². The fourth-order valence-corrected chi connectivity index (χ4v) is 2.30. The first-order valence-electron chi connectivity index (χ1n) is 7.55. The monoisotopic (exact) mass is 372 g/mol. The number of nitrogens with one attached hydrogen (secondary N) is 2. The molecule has 0 spiro atoms. The summed E-state index contributed by atoms with van der Waals surface area (Å²) in [5, 5.41) is 5.53. The molecule has 8 heteroatoms. The van der Waals surface area contributed by atoms with Crippen LogP contribution >= 0.6 is 11.6 Å². The molecule has 2 aromatic carbocycles. The van der Waals surface area contributed by atoms with Gasteiger partial charge in [0.2, 0.25) is 5.95 Å². The molecule has 0 aliphatic heterocycles. The number of hydrogen-bond acceptors (Lipinski definition) is 5. The first kappa shape index (κ1) is 17.6. The van der Waals surface area contributed by atoms with Gasteiger partial charge in [0.05, 0.1) is 12.1 Å². The van der Waals surface area contributed by atoms with Gasteiger partial charge < -0.3 is 15.4 Å². The van der Waals surface area contributed by atoms with Gasteiger partial charge in [-0.15, -0.1) is 0 Å². The Morgan fingerprint density at radius 2 is 1.85 bits per heavy atom. The maximum atomic E-state index is 13.2. The lowest BCUT2D eigenvalue weighted by Gasteiger charge is -2.08. The maximum absolute atomic E-state index is 13.2. The highest BCUT2D eigenvalue weighted by Gasteiger charge is 2.11. The van der Waals surface area contributed by atoms with Gasteiger partial charge in [-0.3, -0.25) is 4.79 Å². The van der Waals surface area contributed by atoms with E-state index in [0.717, 1.165) is 11.4 Å². The van der Waals surface area contributed by atoms with Crippen LogP contribution in [0, 0.1) is 5.82 Å². The molecule has 0 unspecified atom stereocenters. The lowest BCUT2D eigenvalue weighted by atomic mass is 10.3. The molecule has 0 bridgehead atoms. The maximum Gasteiger partial charge on any atom is 0.274 e. The third kappa shape index (κ3) is 4.25. The lowest BCUT2D eigenvalue weighted by Crippen LogP contribution is -2.14. The van der Waals surface area contributed by atoms with E-state index in [1.165, 1.54) is 30.5 Å². The third-order valence-corrected chi connectivity index (χ3v) is 3.70. The number of halogens is 2. The summed E-state index contributed by atoms with van der Waals surface area (Å²) >= 11 is 5.71. The van der Waals surface area contributed by atoms with Crippen molar-refractivity contribution in [1.82, 2.24) is 9.97 Å². The Morgan fingerprint density at radius 3 is 2.54 bits per heavy atom. The summed E-state index contributed by atoms with van der Waals surface area (Å²) in [6.45, 7) is 0. The van der Waals surface area contributed by atoms with Crippen LogP contribution in [0.4, 0.5) is 21.7 Å². The highest BCUT2D eigenvalue weighted by atomic mass is 35.5. The second-order valence-electron chi connectivity index (χ2n) is 5.20. The lowest BCUT2D eigenvalue weighted by molar-refractivity contribution is 0.102. The second kappa shape index (κ2) is 7.79. The highest BCUT2D eigenvalue weighted by molar-refractivity contribution is 6.31. The number of benzene rings is 2. The fraction of sp³-hybridized carbons (Fsp3) is 0.0556. The van der Waals surface area contributed by atoms with Crippen LogP contribution in [0.15, 0.2) is 54.7 Å². The van der Waals surface area contributed by atoms with Gasteiger partial charge in [0.1, 0.15) is 17.3 Å². The molecular formula is C18H14ClFN4O2. The van der Waals surface area contributed by atoms with Crippen LogP contribution in [0.25, 0.3) is 0 Å². The Labute approximate surface area is 154 Å². The Balaban J connectivity index is 1.73. The predicted molar refractivity (Wildman–Crippen MR) is 97.7 cm³/mol. The van der Waals surface area contributed by atoms with Crippen LogP contribution in [-0.2, 0) is 0 Å². The van der Waals surface area contributed by atoms with Crippen molar-refractivity contribution in [3.63, 3.8) is 0 Å². The molecule has 0 atom stereocenters. The summed E-state index contributed by atoms with van der Waals surface area (Å²) in [5.74, 6) is -0.0342. The van der Waals surface area contributed by atoms with Crippen molar-refractivity contribution in [1.29, 1.82) is 0 Å². The van der Waals surface area contributed by atoms with Gasteiger partial charge in [-0.25, -0.2) is 14.4 Å². The average Bonchev–Trinajstić information content (AvgIpc) is 2.65. The summed E-state index contributed by atoms with van der Waals surface area (Å²) < 4.78 is 18.3. The van der Waals surface area contributed by atoms with E-state index >= 15 is 0 Å². The minimum absolute atomic E-state index is 0.0765. The standard InChI is InChI=1S/C18H14ClFN4O2/c1-26-13-5-2-11(3-6-13)23-18-21-9-8-16(24-18)17(25)22-12-4-7-15(20)14(19)10-12/h2-10H,1H3,(H,22,25)(H,21,23,24).